The average molecular weight is 236 g/mol. The van der Waals surface area contributed by atoms with Crippen molar-refractivity contribution in [2.75, 3.05) is 0 Å². The Labute approximate surface area is 77.7 Å². The number of rotatable bonds is 1. The Bertz CT molecular complexity index is 276. The van der Waals surface area contributed by atoms with E-state index >= 15 is 0 Å². The highest BCUT2D eigenvalue weighted by molar-refractivity contribution is 9.10. The number of halogens is 3. The van der Waals surface area contributed by atoms with Gasteiger partial charge in [-0.15, -0.1) is 0 Å². The van der Waals surface area contributed by atoms with Crippen molar-refractivity contribution in [2.24, 2.45) is 5.73 Å². The van der Waals surface area contributed by atoms with E-state index in [1.54, 1.807) is 6.92 Å². The summed E-state index contributed by atoms with van der Waals surface area (Å²) < 4.78 is 25.6. The van der Waals surface area contributed by atoms with Crippen LogP contribution in [0, 0.1) is 11.6 Å². The van der Waals surface area contributed by atoms with Crippen LogP contribution in [0.1, 0.15) is 18.5 Å². The van der Waals surface area contributed by atoms with Crippen LogP contribution >= 0.6 is 15.9 Å². The Balaban J connectivity index is 3.21. The molecule has 1 aromatic rings. The second-order valence-corrected chi connectivity index (χ2v) is 3.44. The Morgan fingerprint density at radius 2 is 2.00 bits per heavy atom. The summed E-state index contributed by atoms with van der Waals surface area (Å²) in [4.78, 5) is 0. The van der Waals surface area contributed by atoms with Crippen LogP contribution < -0.4 is 5.73 Å². The predicted octanol–water partition coefficient (Wildman–Crippen LogP) is 2.75. The van der Waals surface area contributed by atoms with Crippen LogP contribution in [-0.4, -0.2) is 0 Å². The lowest BCUT2D eigenvalue weighted by Crippen LogP contribution is -2.06. The van der Waals surface area contributed by atoms with Crippen molar-refractivity contribution < 1.29 is 8.78 Å². The molecule has 0 aliphatic heterocycles. The molecular formula is C8H8BrF2N. The number of nitrogens with two attached hydrogens (primary N) is 1. The van der Waals surface area contributed by atoms with E-state index in [0.717, 1.165) is 6.07 Å². The maximum Gasteiger partial charge on any atom is 0.172 e. The lowest BCUT2D eigenvalue weighted by molar-refractivity contribution is 0.501. The number of benzene rings is 1. The zero-order chi connectivity index (χ0) is 9.30. The molecule has 1 nitrogen and oxygen atoms in total. The van der Waals surface area contributed by atoms with Crippen molar-refractivity contribution in [1.82, 2.24) is 0 Å². The van der Waals surface area contributed by atoms with E-state index in [-0.39, 0.29) is 10.5 Å². The summed E-state index contributed by atoms with van der Waals surface area (Å²) in [5.74, 6) is -1.75. The zero-order valence-electron chi connectivity index (χ0n) is 6.44. The molecule has 1 aromatic carbocycles. The maximum atomic E-state index is 12.7. The second kappa shape index (κ2) is 3.49. The summed E-state index contributed by atoms with van der Waals surface area (Å²) in [6.07, 6.45) is 0. The molecule has 0 aliphatic rings. The molecule has 4 heteroatoms. The zero-order valence-corrected chi connectivity index (χ0v) is 8.03. The third-order valence-electron chi connectivity index (χ3n) is 1.53. The molecule has 0 aliphatic carbocycles. The smallest absolute Gasteiger partial charge is 0.172 e. The van der Waals surface area contributed by atoms with Crippen molar-refractivity contribution >= 4 is 15.9 Å². The molecule has 0 fully saturated rings. The lowest BCUT2D eigenvalue weighted by Gasteiger charge is -2.06. The van der Waals surface area contributed by atoms with Gasteiger partial charge in [-0.25, -0.2) is 8.78 Å². The lowest BCUT2D eigenvalue weighted by atomic mass is 10.1. The SMILES string of the molecule is CC(N)c1cc(F)c(F)c(Br)c1. The summed E-state index contributed by atoms with van der Waals surface area (Å²) in [6.45, 7) is 1.71. The Hall–Kier alpha value is -0.480. The van der Waals surface area contributed by atoms with E-state index in [0.29, 0.717) is 5.56 Å². The minimum Gasteiger partial charge on any atom is -0.324 e. The first kappa shape index (κ1) is 9.61. The van der Waals surface area contributed by atoms with Crippen LogP contribution in [0.5, 0.6) is 0 Å². The Morgan fingerprint density at radius 3 is 2.42 bits per heavy atom. The van der Waals surface area contributed by atoms with Gasteiger partial charge in [0.25, 0.3) is 0 Å². The van der Waals surface area contributed by atoms with Crippen molar-refractivity contribution in [3.63, 3.8) is 0 Å². The van der Waals surface area contributed by atoms with Gasteiger partial charge in [0.05, 0.1) is 4.47 Å². The maximum absolute atomic E-state index is 12.7. The van der Waals surface area contributed by atoms with E-state index in [2.05, 4.69) is 15.9 Å². The van der Waals surface area contributed by atoms with E-state index in [9.17, 15) is 8.78 Å². The molecule has 1 rings (SSSR count). The van der Waals surface area contributed by atoms with Crippen LogP contribution in [0.4, 0.5) is 8.78 Å². The minimum absolute atomic E-state index is 0.106. The number of hydrogen-bond acceptors (Lipinski definition) is 1. The van der Waals surface area contributed by atoms with Crippen LogP contribution in [0.2, 0.25) is 0 Å². The molecular weight excluding hydrogens is 228 g/mol. The average Bonchev–Trinajstić information content (AvgIpc) is 1.99. The highest BCUT2D eigenvalue weighted by Crippen LogP contribution is 2.22. The van der Waals surface area contributed by atoms with Gasteiger partial charge < -0.3 is 5.73 Å². The van der Waals surface area contributed by atoms with Gasteiger partial charge in [-0.2, -0.15) is 0 Å². The van der Waals surface area contributed by atoms with E-state index in [4.69, 9.17) is 5.73 Å². The van der Waals surface area contributed by atoms with Gasteiger partial charge in [0.15, 0.2) is 11.6 Å². The minimum atomic E-state index is -0.878. The fraction of sp³-hybridized carbons (Fsp3) is 0.250. The molecule has 0 radical (unpaired) electrons. The molecule has 2 N–H and O–H groups in total. The highest BCUT2D eigenvalue weighted by atomic mass is 79.9. The molecule has 0 saturated carbocycles. The molecule has 1 atom stereocenters. The van der Waals surface area contributed by atoms with Crippen LogP contribution in [0.25, 0.3) is 0 Å². The number of hydrogen-bond donors (Lipinski definition) is 1. The van der Waals surface area contributed by atoms with Crippen molar-refractivity contribution in [3.05, 3.63) is 33.8 Å². The van der Waals surface area contributed by atoms with E-state index in [1.807, 2.05) is 0 Å². The first-order valence-corrected chi connectivity index (χ1v) is 4.21. The summed E-state index contributed by atoms with van der Waals surface area (Å²) >= 11 is 2.89. The molecule has 0 aromatic heterocycles. The van der Waals surface area contributed by atoms with Gasteiger partial charge >= 0.3 is 0 Å². The highest BCUT2D eigenvalue weighted by Gasteiger charge is 2.10. The van der Waals surface area contributed by atoms with Crippen molar-refractivity contribution in [1.29, 1.82) is 0 Å². The molecule has 12 heavy (non-hydrogen) atoms. The summed E-state index contributed by atoms with van der Waals surface area (Å²) in [5.41, 5.74) is 6.06. The second-order valence-electron chi connectivity index (χ2n) is 2.59. The summed E-state index contributed by atoms with van der Waals surface area (Å²) in [5, 5.41) is 0. The van der Waals surface area contributed by atoms with Crippen molar-refractivity contribution in [2.45, 2.75) is 13.0 Å². The molecule has 0 bridgehead atoms. The van der Waals surface area contributed by atoms with Gasteiger partial charge in [-0.1, -0.05) is 0 Å². The van der Waals surface area contributed by atoms with Gasteiger partial charge in [-0.05, 0) is 40.5 Å². The quantitative estimate of drug-likeness (QED) is 0.745. The molecule has 1 unspecified atom stereocenters. The molecule has 66 valence electrons. The fourth-order valence-electron chi connectivity index (χ4n) is 0.838. The monoisotopic (exact) mass is 235 g/mol. The Morgan fingerprint density at radius 1 is 1.42 bits per heavy atom. The van der Waals surface area contributed by atoms with Crippen LogP contribution in [0.15, 0.2) is 16.6 Å². The molecule has 0 amide bonds. The third kappa shape index (κ3) is 1.81. The molecule has 0 heterocycles. The summed E-state index contributed by atoms with van der Waals surface area (Å²) in [7, 11) is 0. The van der Waals surface area contributed by atoms with Crippen molar-refractivity contribution in [3.8, 4) is 0 Å². The Kier molecular flexibility index (Phi) is 2.80. The topological polar surface area (TPSA) is 26.0 Å². The first-order valence-electron chi connectivity index (χ1n) is 3.42. The first-order chi connectivity index (χ1) is 5.52. The van der Waals surface area contributed by atoms with Crippen LogP contribution in [0.3, 0.4) is 0 Å². The van der Waals surface area contributed by atoms with E-state index in [1.165, 1.54) is 6.07 Å². The van der Waals surface area contributed by atoms with Gasteiger partial charge in [0.1, 0.15) is 0 Å². The molecule has 0 saturated heterocycles. The van der Waals surface area contributed by atoms with E-state index < -0.39 is 11.6 Å². The van der Waals surface area contributed by atoms with Gasteiger partial charge in [0.2, 0.25) is 0 Å². The summed E-state index contributed by atoms with van der Waals surface area (Å²) in [6, 6.07) is 2.28. The third-order valence-corrected chi connectivity index (χ3v) is 2.11. The fourth-order valence-corrected chi connectivity index (χ4v) is 1.29. The molecule has 0 spiro atoms. The standard InChI is InChI=1S/C8H8BrF2N/c1-4(12)5-2-6(9)8(11)7(10)3-5/h2-4H,12H2,1H3. The predicted molar refractivity (Wildman–Crippen MR) is 46.7 cm³/mol. The normalized spacial score (nSPS) is 13.1. The van der Waals surface area contributed by atoms with Gasteiger partial charge in [-0.3, -0.25) is 0 Å². The van der Waals surface area contributed by atoms with Gasteiger partial charge in [0, 0.05) is 6.04 Å². The van der Waals surface area contributed by atoms with Crippen LogP contribution in [-0.2, 0) is 0 Å². The largest absolute Gasteiger partial charge is 0.324 e.